The van der Waals surface area contributed by atoms with Crippen LogP contribution >= 0.6 is 0 Å². The van der Waals surface area contributed by atoms with Crippen LogP contribution in [0.2, 0.25) is 0 Å². The standard InChI is InChI=1S/C14H19N5/c1-3-19(10-12-6-4-5-11(2)17-12)13-7-8-16-14(9-13)18-15/h4-9H,3,10,15H2,1-2H3,(H,16,18). The van der Waals surface area contributed by atoms with Gasteiger partial charge in [-0.05, 0) is 32.0 Å². The second-order valence-electron chi connectivity index (χ2n) is 4.33. The van der Waals surface area contributed by atoms with Crippen LogP contribution in [0.15, 0.2) is 36.5 Å². The van der Waals surface area contributed by atoms with Crippen molar-refractivity contribution in [3.05, 3.63) is 47.9 Å². The molecule has 0 aromatic carbocycles. The molecule has 2 heterocycles. The van der Waals surface area contributed by atoms with E-state index < -0.39 is 0 Å². The molecule has 5 nitrogen and oxygen atoms in total. The first-order valence-electron chi connectivity index (χ1n) is 6.33. The van der Waals surface area contributed by atoms with E-state index in [0.29, 0.717) is 5.82 Å². The van der Waals surface area contributed by atoms with E-state index in [1.807, 2.05) is 37.3 Å². The maximum Gasteiger partial charge on any atom is 0.141 e. The highest BCUT2D eigenvalue weighted by Gasteiger charge is 2.07. The van der Waals surface area contributed by atoms with Crippen molar-refractivity contribution >= 4 is 11.5 Å². The number of rotatable bonds is 5. The Morgan fingerprint density at radius 3 is 2.84 bits per heavy atom. The second-order valence-corrected chi connectivity index (χ2v) is 4.33. The van der Waals surface area contributed by atoms with Crippen molar-refractivity contribution in [2.24, 2.45) is 5.84 Å². The Hall–Kier alpha value is -2.14. The van der Waals surface area contributed by atoms with Crippen LogP contribution in [0.3, 0.4) is 0 Å². The van der Waals surface area contributed by atoms with E-state index in [0.717, 1.165) is 30.2 Å². The van der Waals surface area contributed by atoms with Crippen molar-refractivity contribution in [1.29, 1.82) is 0 Å². The molecule has 2 rings (SSSR count). The van der Waals surface area contributed by atoms with Gasteiger partial charge < -0.3 is 10.3 Å². The van der Waals surface area contributed by atoms with Crippen LogP contribution < -0.4 is 16.2 Å². The monoisotopic (exact) mass is 257 g/mol. The van der Waals surface area contributed by atoms with E-state index in [2.05, 4.69) is 27.2 Å². The van der Waals surface area contributed by atoms with Crippen molar-refractivity contribution in [3.8, 4) is 0 Å². The van der Waals surface area contributed by atoms with Gasteiger partial charge in [-0.3, -0.25) is 4.98 Å². The summed E-state index contributed by atoms with van der Waals surface area (Å²) in [6.07, 6.45) is 1.75. The predicted molar refractivity (Wildman–Crippen MR) is 77.7 cm³/mol. The molecule has 2 aromatic heterocycles. The van der Waals surface area contributed by atoms with Gasteiger partial charge in [-0.15, -0.1) is 0 Å². The number of hydrogen-bond acceptors (Lipinski definition) is 5. The number of hydrogen-bond donors (Lipinski definition) is 2. The van der Waals surface area contributed by atoms with Crippen LogP contribution in [0.4, 0.5) is 11.5 Å². The number of nitrogens with one attached hydrogen (secondary N) is 1. The van der Waals surface area contributed by atoms with Crippen molar-refractivity contribution in [3.63, 3.8) is 0 Å². The highest BCUT2D eigenvalue weighted by molar-refractivity contribution is 5.53. The number of aromatic nitrogens is 2. The fourth-order valence-corrected chi connectivity index (χ4v) is 1.96. The largest absolute Gasteiger partial charge is 0.366 e. The number of hydrazine groups is 1. The van der Waals surface area contributed by atoms with Gasteiger partial charge in [0.05, 0.1) is 12.2 Å². The Kier molecular flexibility index (Phi) is 4.30. The van der Waals surface area contributed by atoms with Gasteiger partial charge in [0.2, 0.25) is 0 Å². The molecule has 0 radical (unpaired) electrons. The van der Waals surface area contributed by atoms with Crippen LogP contribution in [-0.2, 0) is 6.54 Å². The molecule has 0 aliphatic carbocycles. The number of nitrogens with zero attached hydrogens (tertiary/aromatic N) is 3. The zero-order chi connectivity index (χ0) is 13.7. The highest BCUT2D eigenvalue weighted by Crippen LogP contribution is 2.18. The van der Waals surface area contributed by atoms with E-state index in [4.69, 9.17) is 5.84 Å². The number of pyridine rings is 2. The Labute approximate surface area is 113 Å². The summed E-state index contributed by atoms with van der Waals surface area (Å²) in [6, 6.07) is 9.98. The molecular formula is C14H19N5. The number of nitrogen functional groups attached to an aromatic ring is 1. The van der Waals surface area contributed by atoms with E-state index in [-0.39, 0.29) is 0 Å². The Balaban J connectivity index is 2.19. The summed E-state index contributed by atoms with van der Waals surface area (Å²) in [5.74, 6) is 6.05. The maximum atomic E-state index is 5.39. The van der Waals surface area contributed by atoms with Gasteiger partial charge in [0, 0.05) is 30.2 Å². The summed E-state index contributed by atoms with van der Waals surface area (Å²) >= 11 is 0. The lowest BCUT2D eigenvalue weighted by atomic mass is 10.2. The zero-order valence-corrected chi connectivity index (χ0v) is 11.3. The van der Waals surface area contributed by atoms with Crippen LogP contribution in [-0.4, -0.2) is 16.5 Å². The first-order chi connectivity index (χ1) is 9.22. The molecule has 5 heteroatoms. The normalized spacial score (nSPS) is 10.3. The average Bonchev–Trinajstić information content (AvgIpc) is 2.45. The molecule has 2 aromatic rings. The summed E-state index contributed by atoms with van der Waals surface area (Å²) in [5, 5.41) is 0. The van der Waals surface area contributed by atoms with Gasteiger partial charge >= 0.3 is 0 Å². The van der Waals surface area contributed by atoms with Crippen molar-refractivity contribution < 1.29 is 0 Å². The first-order valence-corrected chi connectivity index (χ1v) is 6.33. The zero-order valence-electron chi connectivity index (χ0n) is 11.3. The first kappa shape index (κ1) is 13.3. The molecule has 0 saturated heterocycles. The van der Waals surface area contributed by atoms with Gasteiger partial charge in [-0.25, -0.2) is 10.8 Å². The minimum atomic E-state index is 0.660. The third kappa shape index (κ3) is 3.42. The summed E-state index contributed by atoms with van der Waals surface area (Å²) in [7, 11) is 0. The Morgan fingerprint density at radius 1 is 1.32 bits per heavy atom. The molecule has 0 aliphatic heterocycles. The summed E-state index contributed by atoms with van der Waals surface area (Å²) < 4.78 is 0. The topological polar surface area (TPSA) is 67.1 Å². The lowest BCUT2D eigenvalue weighted by Gasteiger charge is -2.23. The molecule has 0 amide bonds. The molecule has 19 heavy (non-hydrogen) atoms. The average molecular weight is 257 g/mol. The molecule has 0 unspecified atom stereocenters. The third-order valence-corrected chi connectivity index (χ3v) is 2.94. The van der Waals surface area contributed by atoms with Crippen molar-refractivity contribution in [2.75, 3.05) is 16.9 Å². The lowest BCUT2D eigenvalue weighted by Crippen LogP contribution is -2.23. The van der Waals surface area contributed by atoms with E-state index >= 15 is 0 Å². The molecule has 0 atom stereocenters. The number of nitrogens with two attached hydrogens (primary N) is 1. The number of anilines is 2. The van der Waals surface area contributed by atoms with Gasteiger partial charge in [0.1, 0.15) is 5.82 Å². The van der Waals surface area contributed by atoms with Gasteiger partial charge in [-0.2, -0.15) is 0 Å². The second kappa shape index (κ2) is 6.15. The SMILES string of the molecule is CCN(Cc1cccc(C)n1)c1ccnc(NN)c1. The van der Waals surface area contributed by atoms with Crippen LogP contribution in [0.1, 0.15) is 18.3 Å². The van der Waals surface area contributed by atoms with Gasteiger partial charge in [0.15, 0.2) is 0 Å². The molecule has 3 N–H and O–H groups in total. The fourth-order valence-electron chi connectivity index (χ4n) is 1.96. The molecule has 0 bridgehead atoms. The van der Waals surface area contributed by atoms with E-state index in [9.17, 15) is 0 Å². The van der Waals surface area contributed by atoms with Crippen LogP contribution in [0, 0.1) is 6.92 Å². The Bertz CT molecular complexity index is 541. The Morgan fingerprint density at radius 2 is 2.16 bits per heavy atom. The third-order valence-electron chi connectivity index (χ3n) is 2.94. The lowest BCUT2D eigenvalue weighted by molar-refractivity contribution is 0.805. The fraction of sp³-hybridized carbons (Fsp3) is 0.286. The van der Waals surface area contributed by atoms with Crippen molar-refractivity contribution in [1.82, 2.24) is 9.97 Å². The molecule has 0 saturated carbocycles. The van der Waals surface area contributed by atoms with Gasteiger partial charge in [0.25, 0.3) is 0 Å². The highest BCUT2D eigenvalue weighted by atomic mass is 15.3. The molecule has 0 spiro atoms. The van der Waals surface area contributed by atoms with Crippen molar-refractivity contribution in [2.45, 2.75) is 20.4 Å². The van der Waals surface area contributed by atoms with Crippen LogP contribution in [0.25, 0.3) is 0 Å². The summed E-state index contributed by atoms with van der Waals surface area (Å²) in [6.45, 7) is 5.78. The molecular weight excluding hydrogens is 238 g/mol. The number of aryl methyl sites for hydroxylation is 1. The molecule has 0 aliphatic rings. The molecule has 100 valence electrons. The van der Waals surface area contributed by atoms with E-state index in [1.165, 1.54) is 0 Å². The van der Waals surface area contributed by atoms with Gasteiger partial charge in [-0.1, -0.05) is 6.07 Å². The quantitative estimate of drug-likeness (QED) is 0.634. The summed E-state index contributed by atoms with van der Waals surface area (Å²) in [4.78, 5) is 10.9. The predicted octanol–water partition coefficient (Wildman–Crippen LogP) is 2.10. The van der Waals surface area contributed by atoms with Crippen LogP contribution in [0.5, 0.6) is 0 Å². The maximum absolute atomic E-state index is 5.39. The minimum Gasteiger partial charge on any atom is -0.366 e. The van der Waals surface area contributed by atoms with E-state index in [1.54, 1.807) is 6.20 Å². The summed E-state index contributed by atoms with van der Waals surface area (Å²) in [5.41, 5.74) is 5.73. The molecule has 0 fully saturated rings. The minimum absolute atomic E-state index is 0.660. The smallest absolute Gasteiger partial charge is 0.141 e.